The van der Waals surface area contributed by atoms with Crippen LogP contribution in [-0.2, 0) is 9.59 Å². The summed E-state index contributed by atoms with van der Waals surface area (Å²) in [6, 6.07) is 14.2. The fourth-order valence-electron chi connectivity index (χ4n) is 2.17. The van der Waals surface area contributed by atoms with Gasteiger partial charge in [0, 0.05) is 22.5 Å². The summed E-state index contributed by atoms with van der Waals surface area (Å²) in [5.74, 6) is -0.223. The summed E-state index contributed by atoms with van der Waals surface area (Å²) in [5.41, 5.74) is 3.32. The van der Waals surface area contributed by atoms with E-state index in [0.29, 0.717) is 0 Å². The molecule has 0 aliphatic heterocycles. The molecule has 0 saturated carbocycles. The molecule has 0 unspecified atom stereocenters. The smallest absolute Gasteiger partial charge is 0.279 e. The van der Waals surface area contributed by atoms with Crippen LogP contribution in [0.25, 0.3) is 0 Å². The number of nitrogens with one attached hydrogen (secondary N) is 2. The van der Waals surface area contributed by atoms with E-state index >= 15 is 0 Å². The van der Waals surface area contributed by atoms with Crippen molar-refractivity contribution in [3.63, 3.8) is 0 Å². The highest BCUT2D eigenvalue weighted by Crippen LogP contribution is 2.29. The quantitative estimate of drug-likeness (QED) is 0.705. The normalized spacial score (nSPS) is 10.4. The van der Waals surface area contributed by atoms with Gasteiger partial charge in [0.05, 0.1) is 0 Å². The van der Waals surface area contributed by atoms with Gasteiger partial charge in [-0.05, 0) is 61.4 Å². The molecule has 0 aliphatic carbocycles. The Bertz CT molecular complexity index is 745. The Labute approximate surface area is 152 Å². The van der Waals surface area contributed by atoms with Crippen LogP contribution in [0.4, 0.5) is 5.69 Å². The van der Waals surface area contributed by atoms with Crippen molar-refractivity contribution in [3.05, 3.63) is 53.6 Å². The molecule has 2 rings (SSSR count). The lowest BCUT2D eigenvalue weighted by Gasteiger charge is -2.07. The molecule has 0 fully saturated rings. The maximum Gasteiger partial charge on any atom is 0.279 e. The van der Waals surface area contributed by atoms with Crippen molar-refractivity contribution in [1.29, 1.82) is 0 Å². The highest BCUT2D eigenvalue weighted by atomic mass is 32.2. The summed E-state index contributed by atoms with van der Waals surface area (Å²) >= 11 is 1.69. The minimum Gasteiger partial charge on any atom is -0.354 e. The molecule has 0 bridgehead atoms. The lowest BCUT2D eigenvalue weighted by Crippen LogP contribution is -2.88. The number of nitrogens with two attached hydrogens (primary N) is 1. The molecule has 0 saturated heterocycles. The van der Waals surface area contributed by atoms with Crippen LogP contribution in [0.3, 0.4) is 0 Å². The number of amides is 2. The third kappa shape index (κ3) is 6.25. The first-order chi connectivity index (χ1) is 12.0. The number of carbonyl (C=O) groups excluding carboxylic acids is 2. The van der Waals surface area contributed by atoms with E-state index < -0.39 is 0 Å². The maximum atomic E-state index is 11.8. The van der Waals surface area contributed by atoms with E-state index in [1.807, 2.05) is 24.3 Å². The average Bonchev–Trinajstić information content (AvgIpc) is 2.59. The van der Waals surface area contributed by atoms with Gasteiger partial charge in [-0.2, -0.15) is 0 Å². The van der Waals surface area contributed by atoms with Crippen LogP contribution in [-0.4, -0.2) is 32.0 Å². The summed E-state index contributed by atoms with van der Waals surface area (Å²) < 4.78 is 0. The number of anilines is 1. The average molecular weight is 358 g/mol. The van der Waals surface area contributed by atoms with E-state index in [4.69, 9.17) is 0 Å². The maximum absolute atomic E-state index is 11.8. The number of likely N-dealkylation sites (N-methyl/N-ethyl adjacent to an activating group) is 1. The first kappa shape index (κ1) is 19.0. The molecular weight excluding hydrogens is 334 g/mol. The first-order valence-corrected chi connectivity index (χ1v) is 8.97. The van der Waals surface area contributed by atoms with Gasteiger partial charge in [-0.3, -0.25) is 9.59 Å². The molecule has 4 N–H and O–H groups in total. The topological polar surface area (TPSA) is 74.8 Å². The number of benzene rings is 2. The molecule has 132 valence electrons. The molecule has 5 nitrogen and oxygen atoms in total. The molecule has 25 heavy (non-hydrogen) atoms. The van der Waals surface area contributed by atoms with Crippen LogP contribution in [0.2, 0.25) is 0 Å². The van der Waals surface area contributed by atoms with Gasteiger partial charge in [0.15, 0.2) is 13.1 Å². The highest BCUT2D eigenvalue weighted by Gasteiger charge is 2.07. The summed E-state index contributed by atoms with van der Waals surface area (Å²) in [5, 5.41) is 7.01. The highest BCUT2D eigenvalue weighted by molar-refractivity contribution is 7.99. The fourth-order valence-corrected chi connectivity index (χ4v) is 3.08. The number of rotatable bonds is 7. The Morgan fingerprint density at radius 2 is 1.56 bits per heavy atom. The van der Waals surface area contributed by atoms with Crippen molar-refractivity contribution >= 4 is 29.3 Å². The summed E-state index contributed by atoms with van der Waals surface area (Å²) in [7, 11) is 1.58. The third-order valence-corrected chi connectivity index (χ3v) is 4.79. The minimum atomic E-state index is -0.126. The van der Waals surface area contributed by atoms with E-state index in [2.05, 4.69) is 42.7 Å². The van der Waals surface area contributed by atoms with Gasteiger partial charge in [0.25, 0.3) is 11.8 Å². The lowest BCUT2D eigenvalue weighted by atomic mass is 10.1. The number of hydrogen-bond donors (Lipinski definition) is 3. The Hall–Kier alpha value is -2.31. The minimum absolute atomic E-state index is 0.0967. The molecule has 0 aromatic heterocycles. The molecular formula is C19H24N3O2S+. The second-order valence-electron chi connectivity index (χ2n) is 5.79. The first-order valence-electron chi connectivity index (χ1n) is 8.15. The predicted molar refractivity (Wildman–Crippen MR) is 101 cm³/mol. The number of hydrogen-bond acceptors (Lipinski definition) is 3. The van der Waals surface area contributed by atoms with E-state index in [1.165, 1.54) is 16.0 Å². The number of quaternary nitrogens is 1. The van der Waals surface area contributed by atoms with Crippen LogP contribution in [0.5, 0.6) is 0 Å². The molecule has 0 radical (unpaired) electrons. The summed E-state index contributed by atoms with van der Waals surface area (Å²) in [4.78, 5) is 25.3. The van der Waals surface area contributed by atoms with Crippen LogP contribution < -0.4 is 16.0 Å². The molecule has 2 aromatic carbocycles. The zero-order chi connectivity index (χ0) is 18.2. The molecule has 0 aliphatic rings. The van der Waals surface area contributed by atoms with Crippen molar-refractivity contribution in [2.45, 2.75) is 23.6 Å². The van der Waals surface area contributed by atoms with E-state index in [0.717, 1.165) is 10.6 Å². The third-order valence-electron chi connectivity index (χ3n) is 3.79. The Morgan fingerprint density at radius 1 is 0.920 bits per heavy atom. The molecule has 2 aromatic rings. The van der Waals surface area contributed by atoms with Crippen LogP contribution >= 0.6 is 11.8 Å². The largest absolute Gasteiger partial charge is 0.354 e. The molecule has 0 spiro atoms. The van der Waals surface area contributed by atoms with Gasteiger partial charge < -0.3 is 16.0 Å². The molecule has 2 amide bonds. The Kier molecular flexibility index (Phi) is 7.03. The van der Waals surface area contributed by atoms with Gasteiger partial charge in [-0.1, -0.05) is 17.8 Å². The zero-order valence-corrected chi connectivity index (χ0v) is 15.6. The van der Waals surface area contributed by atoms with E-state index in [1.54, 1.807) is 24.1 Å². The van der Waals surface area contributed by atoms with Crippen LogP contribution in [0.15, 0.2) is 52.3 Å². The van der Waals surface area contributed by atoms with E-state index in [-0.39, 0.29) is 24.9 Å². The fraction of sp³-hybridized carbons (Fsp3) is 0.263. The molecule has 0 heterocycles. The Morgan fingerprint density at radius 3 is 2.20 bits per heavy atom. The van der Waals surface area contributed by atoms with E-state index in [9.17, 15) is 9.59 Å². The molecule has 0 atom stereocenters. The van der Waals surface area contributed by atoms with Gasteiger partial charge >= 0.3 is 0 Å². The number of aryl methyl sites for hydroxylation is 2. The number of carbonyl (C=O) groups is 2. The molecule has 6 heteroatoms. The van der Waals surface area contributed by atoms with Crippen LogP contribution in [0.1, 0.15) is 11.1 Å². The summed E-state index contributed by atoms with van der Waals surface area (Å²) in [6.07, 6.45) is 0. The van der Waals surface area contributed by atoms with Crippen molar-refractivity contribution in [1.82, 2.24) is 5.32 Å². The van der Waals surface area contributed by atoms with Gasteiger partial charge in [-0.15, -0.1) is 0 Å². The van der Waals surface area contributed by atoms with Crippen molar-refractivity contribution in [2.75, 3.05) is 25.5 Å². The SMILES string of the molecule is CNC(=O)C[NH2+]CC(=O)Nc1ccc(Sc2ccc(C)c(C)c2)cc1. The van der Waals surface area contributed by atoms with Crippen molar-refractivity contribution in [2.24, 2.45) is 0 Å². The lowest BCUT2D eigenvalue weighted by molar-refractivity contribution is -0.632. The van der Waals surface area contributed by atoms with Crippen LogP contribution in [0, 0.1) is 13.8 Å². The summed E-state index contributed by atoms with van der Waals surface area (Å²) in [6.45, 7) is 4.68. The van der Waals surface area contributed by atoms with Crippen molar-refractivity contribution < 1.29 is 14.9 Å². The second kappa shape index (κ2) is 9.25. The van der Waals surface area contributed by atoms with Gasteiger partial charge in [0.2, 0.25) is 0 Å². The Balaban J connectivity index is 1.85. The predicted octanol–water partition coefficient (Wildman–Crippen LogP) is 1.70. The van der Waals surface area contributed by atoms with Gasteiger partial charge in [-0.25, -0.2) is 0 Å². The van der Waals surface area contributed by atoms with Gasteiger partial charge in [0.1, 0.15) is 0 Å². The second-order valence-corrected chi connectivity index (χ2v) is 6.94. The standard InChI is InChI=1S/C19H23N3O2S/c1-13-4-7-17(10-14(13)2)25-16-8-5-15(6-9-16)22-19(24)12-21-11-18(23)20-3/h4-10,21H,11-12H2,1-3H3,(H,20,23)(H,22,24)/p+1. The van der Waals surface area contributed by atoms with Crippen molar-refractivity contribution in [3.8, 4) is 0 Å². The monoisotopic (exact) mass is 358 g/mol. The zero-order valence-electron chi connectivity index (χ0n) is 14.8.